The molecule has 29 heavy (non-hydrogen) atoms. The molecule has 2 amide bonds. The van der Waals surface area contributed by atoms with Gasteiger partial charge >= 0.3 is 12.1 Å². The lowest BCUT2D eigenvalue weighted by Crippen LogP contribution is -2.29. The summed E-state index contributed by atoms with van der Waals surface area (Å²) in [5, 5.41) is 6.22. The first kappa shape index (κ1) is 22.2. The second-order valence-corrected chi connectivity index (χ2v) is 6.40. The molecule has 10 heteroatoms. The largest absolute Gasteiger partial charge is 0.483 e. The number of aryl methyl sites for hydroxylation is 1. The summed E-state index contributed by atoms with van der Waals surface area (Å²) in [4.78, 5) is 22.8. The Bertz CT molecular complexity index is 929. The minimum atomic E-state index is -4.97. The molecule has 2 aromatic rings. The maximum atomic E-state index is 12.2. The number of rotatable bonds is 6. The van der Waals surface area contributed by atoms with Gasteiger partial charge in [-0.1, -0.05) is 23.7 Å². The summed E-state index contributed by atoms with van der Waals surface area (Å²) in [6, 6.07) is 10.5. The Balaban J connectivity index is 1.90. The second-order valence-electron chi connectivity index (χ2n) is 5.96. The summed E-state index contributed by atoms with van der Waals surface area (Å²) in [5.41, 5.74) is 4.05. The normalized spacial score (nSPS) is 11.7. The number of amides is 2. The van der Waals surface area contributed by atoms with Gasteiger partial charge < -0.3 is 10.1 Å². The van der Waals surface area contributed by atoms with Gasteiger partial charge in [-0.3, -0.25) is 9.59 Å². The zero-order chi connectivity index (χ0) is 21.6. The number of alkyl halides is 3. The fourth-order valence-corrected chi connectivity index (χ4v) is 2.38. The van der Waals surface area contributed by atoms with Gasteiger partial charge in [-0.15, -0.1) is 0 Å². The molecule has 2 aromatic carbocycles. The van der Waals surface area contributed by atoms with Crippen LogP contribution in [0, 0.1) is 6.92 Å². The number of hydrogen-bond donors (Lipinski definition) is 2. The van der Waals surface area contributed by atoms with Crippen molar-refractivity contribution < 1.29 is 27.5 Å². The zero-order valence-corrected chi connectivity index (χ0v) is 16.2. The molecule has 0 radical (unpaired) electrons. The third-order valence-electron chi connectivity index (χ3n) is 3.66. The topological polar surface area (TPSA) is 79.8 Å². The van der Waals surface area contributed by atoms with E-state index in [9.17, 15) is 22.8 Å². The lowest BCUT2D eigenvalue weighted by atomic mass is 10.1. The highest BCUT2D eigenvalue weighted by Crippen LogP contribution is 2.21. The smallest absolute Gasteiger partial charge is 0.471 e. The van der Waals surface area contributed by atoms with Gasteiger partial charge in [-0.25, -0.2) is 5.43 Å². The van der Waals surface area contributed by atoms with Crippen LogP contribution in [-0.2, 0) is 9.59 Å². The first-order chi connectivity index (χ1) is 13.6. The van der Waals surface area contributed by atoms with Gasteiger partial charge in [0, 0.05) is 10.7 Å². The van der Waals surface area contributed by atoms with Gasteiger partial charge in [0.15, 0.2) is 6.61 Å². The van der Waals surface area contributed by atoms with E-state index in [-0.39, 0.29) is 12.3 Å². The Morgan fingerprint density at radius 3 is 2.38 bits per heavy atom. The van der Waals surface area contributed by atoms with Crippen molar-refractivity contribution in [3.05, 3.63) is 58.6 Å². The van der Waals surface area contributed by atoms with Gasteiger partial charge in [0.2, 0.25) is 0 Å². The molecule has 0 bridgehead atoms. The van der Waals surface area contributed by atoms with Crippen LogP contribution in [0.3, 0.4) is 0 Å². The maximum absolute atomic E-state index is 12.2. The van der Waals surface area contributed by atoms with Crippen LogP contribution in [0.2, 0.25) is 5.02 Å². The second kappa shape index (κ2) is 9.42. The van der Waals surface area contributed by atoms with Gasteiger partial charge in [0.25, 0.3) is 5.91 Å². The number of anilines is 1. The Hall–Kier alpha value is -3.07. The first-order valence-electron chi connectivity index (χ1n) is 8.27. The summed E-state index contributed by atoms with van der Waals surface area (Å²) >= 11 is 5.85. The maximum Gasteiger partial charge on any atom is 0.471 e. The summed E-state index contributed by atoms with van der Waals surface area (Å²) in [5.74, 6) is -2.03. The van der Waals surface area contributed by atoms with E-state index in [0.29, 0.717) is 22.0 Å². The highest BCUT2D eigenvalue weighted by Gasteiger charge is 2.38. The molecule has 0 spiro atoms. The number of carbonyl (C=O) groups is 2. The van der Waals surface area contributed by atoms with Gasteiger partial charge in [0.05, 0.1) is 5.71 Å². The van der Waals surface area contributed by atoms with Crippen LogP contribution in [-0.4, -0.2) is 30.3 Å². The van der Waals surface area contributed by atoms with E-state index in [1.54, 1.807) is 37.4 Å². The highest BCUT2D eigenvalue weighted by atomic mass is 35.5. The van der Waals surface area contributed by atoms with Crippen molar-refractivity contribution in [3.63, 3.8) is 0 Å². The average molecular weight is 428 g/mol. The number of hydrogen-bond acceptors (Lipinski definition) is 4. The summed E-state index contributed by atoms with van der Waals surface area (Å²) in [6.07, 6.45) is -4.97. The molecule has 0 saturated heterocycles. The van der Waals surface area contributed by atoms with Gasteiger partial charge in [-0.2, -0.15) is 18.3 Å². The molecule has 0 heterocycles. The monoisotopic (exact) mass is 427 g/mol. The third-order valence-corrected chi connectivity index (χ3v) is 3.90. The molecule has 0 saturated carbocycles. The molecule has 0 aliphatic carbocycles. The van der Waals surface area contributed by atoms with Crippen LogP contribution in [0.5, 0.6) is 5.75 Å². The predicted octanol–water partition coefficient (Wildman–Crippen LogP) is 4.07. The molecule has 2 rings (SSSR count). The van der Waals surface area contributed by atoms with E-state index in [1.807, 2.05) is 0 Å². The molecular formula is C19H17ClF3N3O3. The predicted molar refractivity (Wildman–Crippen MR) is 103 cm³/mol. The summed E-state index contributed by atoms with van der Waals surface area (Å²) in [7, 11) is 0. The van der Waals surface area contributed by atoms with Crippen LogP contribution in [0.1, 0.15) is 18.1 Å². The summed E-state index contributed by atoms with van der Waals surface area (Å²) in [6.45, 7) is 3.14. The van der Waals surface area contributed by atoms with E-state index in [0.717, 1.165) is 5.56 Å². The van der Waals surface area contributed by atoms with Gasteiger partial charge in [-0.05, 0) is 55.3 Å². The molecule has 0 fully saturated rings. The van der Waals surface area contributed by atoms with Crippen LogP contribution in [0.4, 0.5) is 18.9 Å². The Kier molecular flexibility index (Phi) is 7.22. The van der Waals surface area contributed by atoms with Crippen LogP contribution in [0.15, 0.2) is 47.6 Å². The third kappa shape index (κ3) is 6.79. The molecule has 0 aromatic heterocycles. The van der Waals surface area contributed by atoms with Crippen LogP contribution >= 0.6 is 11.6 Å². The Morgan fingerprint density at radius 1 is 1.14 bits per heavy atom. The number of nitrogens with one attached hydrogen (secondary N) is 2. The number of benzene rings is 2. The number of ether oxygens (including phenoxy) is 1. The molecule has 0 atom stereocenters. The highest BCUT2D eigenvalue weighted by molar-refractivity contribution is 6.30. The van der Waals surface area contributed by atoms with Crippen molar-refractivity contribution in [3.8, 4) is 5.75 Å². The minimum absolute atomic E-state index is 0.0142. The fraction of sp³-hybridized carbons (Fsp3) is 0.211. The van der Waals surface area contributed by atoms with E-state index >= 15 is 0 Å². The van der Waals surface area contributed by atoms with E-state index < -0.39 is 18.0 Å². The number of nitrogens with zero attached hydrogens (tertiary/aromatic N) is 1. The number of halogens is 4. The molecule has 2 N–H and O–H groups in total. The molecule has 0 aliphatic rings. The Labute approximate surface area is 169 Å². The van der Waals surface area contributed by atoms with E-state index in [1.165, 1.54) is 24.3 Å². The van der Waals surface area contributed by atoms with Crippen molar-refractivity contribution in [1.82, 2.24) is 5.43 Å². The van der Waals surface area contributed by atoms with Crippen molar-refractivity contribution in [2.45, 2.75) is 20.0 Å². The van der Waals surface area contributed by atoms with E-state index in [4.69, 9.17) is 16.3 Å². The molecule has 6 nitrogen and oxygen atoms in total. The standard InChI is InChI=1S/C19H17ClF3N3O3/c1-11-9-14(20)5-8-16(11)29-10-17(27)26-25-12(2)13-3-6-15(7-4-13)24-18(28)19(21,22)23/h3-9H,10H2,1-2H3,(H,24,28)(H,26,27)/b25-12-. The van der Waals surface area contributed by atoms with Crippen molar-refractivity contribution in [2.75, 3.05) is 11.9 Å². The quantitative estimate of drug-likeness (QED) is 0.538. The number of carbonyl (C=O) groups excluding carboxylic acids is 2. The molecule has 154 valence electrons. The van der Waals surface area contributed by atoms with Crippen LogP contribution in [0.25, 0.3) is 0 Å². The average Bonchev–Trinajstić information content (AvgIpc) is 2.65. The van der Waals surface area contributed by atoms with Crippen LogP contribution < -0.4 is 15.5 Å². The van der Waals surface area contributed by atoms with Crippen molar-refractivity contribution >= 4 is 34.8 Å². The lowest BCUT2D eigenvalue weighted by Gasteiger charge is -2.09. The molecule has 0 aliphatic heterocycles. The van der Waals surface area contributed by atoms with Crippen molar-refractivity contribution in [1.29, 1.82) is 0 Å². The number of hydrazone groups is 1. The van der Waals surface area contributed by atoms with E-state index in [2.05, 4.69) is 10.5 Å². The van der Waals surface area contributed by atoms with Gasteiger partial charge in [0.1, 0.15) is 5.75 Å². The first-order valence-corrected chi connectivity index (χ1v) is 8.65. The zero-order valence-electron chi connectivity index (χ0n) is 15.4. The fourth-order valence-electron chi connectivity index (χ4n) is 2.16. The Morgan fingerprint density at radius 2 is 1.79 bits per heavy atom. The molecular weight excluding hydrogens is 411 g/mol. The SMILES string of the molecule is C/C(=N/NC(=O)COc1ccc(Cl)cc1C)c1ccc(NC(=O)C(F)(F)F)cc1. The summed E-state index contributed by atoms with van der Waals surface area (Å²) < 4.78 is 42.1. The van der Waals surface area contributed by atoms with Crippen molar-refractivity contribution in [2.24, 2.45) is 5.10 Å². The minimum Gasteiger partial charge on any atom is -0.483 e. The lowest BCUT2D eigenvalue weighted by molar-refractivity contribution is -0.167. The molecule has 0 unspecified atom stereocenters.